The molecule has 6 heteroatoms. The Balaban J connectivity index is 1.76. The summed E-state index contributed by atoms with van der Waals surface area (Å²) >= 11 is 0. The van der Waals surface area contributed by atoms with Crippen LogP contribution in [-0.2, 0) is 13.2 Å². The molecule has 0 aliphatic carbocycles. The van der Waals surface area contributed by atoms with Crippen LogP contribution in [0.4, 0.5) is 0 Å². The Labute approximate surface area is 188 Å². The average Bonchev–Trinajstić information content (AvgIpc) is 2.85. The van der Waals surface area contributed by atoms with E-state index < -0.39 is 0 Å². The second-order valence-electron chi connectivity index (χ2n) is 6.82. The van der Waals surface area contributed by atoms with E-state index in [9.17, 15) is 4.79 Å². The highest BCUT2D eigenvalue weighted by atomic mass is 16.5. The number of ether oxygens (including phenoxy) is 4. The van der Waals surface area contributed by atoms with Crippen molar-refractivity contribution in [1.82, 2.24) is 5.32 Å². The molecule has 0 saturated carbocycles. The molecule has 3 aromatic carbocycles. The fourth-order valence-corrected chi connectivity index (χ4v) is 2.88. The highest BCUT2D eigenvalue weighted by molar-refractivity contribution is 5.95. The molecule has 0 heterocycles. The van der Waals surface area contributed by atoms with Gasteiger partial charge in [0.1, 0.15) is 24.7 Å². The number of methoxy groups -OCH3 is 2. The number of terminal acetylenes is 1. The lowest BCUT2D eigenvalue weighted by Crippen LogP contribution is -2.23. The van der Waals surface area contributed by atoms with Crippen LogP contribution in [0.15, 0.2) is 66.7 Å². The lowest BCUT2D eigenvalue weighted by molar-refractivity contribution is 0.0958. The molecule has 1 amide bonds. The van der Waals surface area contributed by atoms with E-state index in [0.29, 0.717) is 30.3 Å². The second-order valence-corrected chi connectivity index (χ2v) is 6.82. The summed E-state index contributed by atoms with van der Waals surface area (Å²) in [6.07, 6.45) is 5.23. The molecule has 0 bridgehead atoms. The number of nitrogens with one attached hydrogen (secondary N) is 1. The van der Waals surface area contributed by atoms with Gasteiger partial charge in [-0.25, -0.2) is 0 Å². The van der Waals surface area contributed by atoms with Gasteiger partial charge in [-0.1, -0.05) is 30.2 Å². The third-order valence-corrected chi connectivity index (χ3v) is 4.66. The van der Waals surface area contributed by atoms with Crippen molar-refractivity contribution in [1.29, 1.82) is 0 Å². The lowest BCUT2D eigenvalue weighted by Gasteiger charge is -2.15. The molecule has 0 aromatic heterocycles. The van der Waals surface area contributed by atoms with Crippen molar-refractivity contribution in [2.24, 2.45) is 0 Å². The molecule has 0 aliphatic rings. The number of hydrogen-bond donors (Lipinski definition) is 1. The summed E-state index contributed by atoms with van der Waals surface area (Å²) in [5, 5.41) is 2.65. The average molecular weight is 431 g/mol. The summed E-state index contributed by atoms with van der Waals surface area (Å²) in [6.45, 7) is 0.792. The van der Waals surface area contributed by atoms with Gasteiger partial charge in [0.2, 0.25) is 0 Å². The van der Waals surface area contributed by atoms with Crippen LogP contribution in [-0.4, -0.2) is 26.7 Å². The smallest absolute Gasteiger partial charge is 0.252 e. The highest BCUT2D eigenvalue weighted by Gasteiger charge is 2.12. The van der Waals surface area contributed by atoms with E-state index in [1.165, 1.54) is 0 Å². The quantitative estimate of drug-likeness (QED) is 0.487. The van der Waals surface area contributed by atoms with Crippen LogP contribution in [0.3, 0.4) is 0 Å². The van der Waals surface area contributed by atoms with E-state index in [4.69, 9.17) is 25.4 Å². The Morgan fingerprint density at radius 3 is 1.84 bits per heavy atom. The number of carbonyl (C=O) groups is 1. The molecule has 0 aliphatic heterocycles. The minimum Gasteiger partial charge on any atom is -0.497 e. The van der Waals surface area contributed by atoms with Crippen molar-refractivity contribution in [2.45, 2.75) is 13.2 Å². The first-order valence-corrected chi connectivity index (χ1v) is 10.00. The van der Waals surface area contributed by atoms with Crippen molar-refractivity contribution in [3.63, 3.8) is 0 Å². The monoisotopic (exact) mass is 431 g/mol. The summed E-state index contributed by atoms with van der Waals surface area (Å²) < 4.78 is 22.4. The molecule has 0 saturated heterocycles. The van der Waals surface area contributed by atoms with E-state index in [-0.39, 0.29) is 12.5 Å². The van der Waals surface area contributed by atoms with Crippen LogP contribution in [0.1, 0.15) is 21.5 Å². The molecule has 0 radical (unpaired) electrons. The molecular formula is C26H25NO5. The summed E-state index contributed by atoms with van der Waals surface area (Å²) in [7, 11) is 3.24. The predicted molar refractivity (Wildman–Crippen MR) is 122 cm³/mol. The number of carbonyl (C=O) groups excluding carboxylic acids is 1. The van der Waals surface area contributed by atoms with Gasteiger partial charge in [-0.2, -0.15) is 0 Å². The molecule has 0 atom stereocenters. The van der Waals surface area contributed by atoms with Crippen molar-refractivity contribution < 1.29 is 23.7 Å². The molecule has 1 N–H and O–H groups in total. The van der Waals surface area contributed by atoms with Gasteiger partial charge in [-0.3, -0.25) is 4.79 Å². The highest BCUT2D eigenvalue weighted by Crippen LogP contribution is 2.30. The van der Waals surface area contributed by atoms with Gasteiger partial charge in [-0.15, -0.1) is 6.42 Å². The van der Waals surface area contributed by atoms with Crippen LogP contribution in [0.5, 0.6) is 23.0 Å². The Kier molecular flexibility index (Phi) is 7.99. The Bertz CT molecular complexity index is 1070. The van der Waals surface area contributed by atoms with Crippen LogP contribution >= 0.6 is 0 Å². The van der Waals surface area contributed by atoms with Gasteiger partial charge in [-0.05, 0) is 53.6 Å². The fourth-order valence-electron chi connectivity index (χ4n) is 2.88. The summed E-state index contributed by atoms with van der Waals surface area (Å²) in [4.78, 5) is 12.3. The minimum atomic E-state index is -0.279. The van der Waals surface area contributed by atoms with E-state index >= 15 is 0 Å². The third kappa shape index (κ3) is 6.19. The molecule has 0 unspecified atom stereocenters. The van der Waals surface area contributed by atoms with Crippen molar-refractivity contribution in [2.75, 3.05) is 20.8 Å². The molecule has 164 valence electrons. The number of amides is 1. The second kappa shape index (κ2) is 11.3. The van der Waals surface area contributed by atoms with E-state index in [1.54, 1.807) is 32.4 Å². The molecule has 6 nitrogen and oxygen atoms in total. The maximum absolute atomic E-state index is 12.3. The Hall–Kier alpha value is -4.11. The SMILES string of the molecule is C#CCNC(=O)c1ccc(OCc2ccc(OC)cc2)c(OCc2ccc(OC)cc2)c1. The largest absolute Gasteiger partial charge is 0.497 e. The van der Waals surface area contributed by atoms with Gasteiger partial charge in [0.15, 0.2) is 11.5 Å². The molecule has 3 aromatic rings. The number of benzene rings is 3. The van der Waals surface area contributed by atoms with Crippen molar-refractivity contribution >= 4 is 5.91 Å². The van der Waals surface area contributed by atoms with Gasteiger partial charge in [0.25, 0.3) is 5.91 Å². The van der Waals surface area contributed by atoms with E-state index in [0.717, 1.165) is 22.6 Å². The summed E-state index contributed by atoms with van der Waals surface area (Å²) in [5.41, 5.74) is 2.36. The van der Waals surface area contributed by atoms with Gasteiger partial charge in [0, 0.05) is 5.56 Å². The molecular weight excluding hydrogens is 406 g/mol. The topological polar surface area (TPSA) is 66.0 Å². The van der Waals surface area contributed by atoms with Crippen LogP contribution in [0.25, 0.3) is 0 Å². The maximum atomic E-state index is 12.3. The Morgan fingerprint density at radius 2 is 1.34 bits per heavy atom. The molecule has 3 rings (SSSR count). The van der Waals surface area contributed by atoms with Crippen LogP contribution in [0.2, 0.25) is 0 Å². The number of hydrogen-bond acceptors (Lipinski definition) is 5. The third-order valence-electron chi connectivity index (χ3n) is 4.66. The first-order valence-electron chi connectivity index (χ1n) is 10.00. The molecule has 0 fully saturated rings. The minimum absolute atomic E-state index is 0.149. The zero-order valence-electron chi connectivity index (χ0n) is 18.1. The van der Waals surface area contributed by atoms with E-state index in [1.807, 2.05) is 48.5 Å². The fraction of sp³-hybridized carbons (Fsp3) is 0.192. The van der Waals surface area contributed by atoms with Crippen molar-refractivity contribution in [3.05, 3.63) is 83.4 Å². The normalized spacial score (nSPS) is 10.0. The first-order chi connectivity index (χ1) is 15.6. The molecule has 32 heavy (non-hydrogen) atoms. The molecule has 0 spiro atoms. The summed E-state index contributed by atoms with van der Waals surface area (Å²) in [5.74, 6) is 4.65. The lowest BCUT2D eigenvalue weighted by atomic mass is 10.1. The van der Waals surface area contributed by atoms with Crippen LogP contribution < -0.4 is 24.3 Å². The first kappa shape index (κ1) is 22.6. The predicted octanol–water partition coefficient (Wildman–Crippen LogP) is 4.22. The Morgan fingerprint density at radius 1 is 0.812 bits per heavy atom. The maximum Gasteiger partial charge on any atom is 0.252 e. The zero-order chi connectivity index (χ0) is 22.8. The summed E-state index contributed by atoms with van der Waals surface area (Å²) in [6, 6.07) is 20.2. The standard InChI is InChI=1S/C26H25NO5/c1-4-15-27-26(28)21-9-14-24(31-17-19-5-10-22(29-2)11-6-19)25(16-21)32-18-20-7-12-23(30-3)13-8-20/h1,5-14,16H,15,17-18H2,2-3H3,(H,27,28). The van der Waals surface area contributed by atoms with Gasteiger partial charge in [0.05, 0.1) is 20.8 Å². The van der Waals surface area contributed by atoms with Crippen LogP contribution in [0, 0.1) is 12.3 Å². The van der Waals surface area contributed by atoms with E-state index in [2.05, 4.69) is 11.2 Å². The van der Waals surface area contributed by atoms with Gasteiger partial charge >= 0.3 is 0 Å². The van der Waals surface area contributed by atoms with Crippen molar-refractivity contribution in [3.8, 4) is 35.3 Å². The van der Waals surface area contributed by atoms with Gasteiger partial charge < -0.3 is 24.3 Å². The number of rotatable bonds is 10. The zero-order valence-corrected chi connectivity index (χ0v) is 18.1.